The van der Waals surface area contributed by atoms with Crippen LogP contribution in [0.1, 0.15) is 38.6 Å². The summed E-state index contributed by atoms with van der Waals surface area (Å²) in [5, 5.41) is 10.2. The normalized spacial score (nSPS) is 11.9. The Balaban J connectivity index is 1.70. The van der Waals surface area contributed by atoms with E-state index in [0.29, 0.717) is 27.4 Å². The van der Waals surface area contributed by atoms with Gasteiger partial charge >= 0.3 is 5.97 Å². The molecule has 3 aromatic heterocycles. The number of carboxylic acids is 1. The molecule has 0 aliphatic rings. The van der Waals surface area contributed by atoms with E-state index in [1.807, 2.05) is 55.5 Å². The van der Waals surface area contributed by atoms with Crippen molar-refractivity contribution < 1.29 is 19.1 Å². The van der Waals surface area contributed by atoms with E-state index in [0.717, 1.165) is 21.3 Å². The number of aromatic nitrogens is 2. The minimum absolute atomic E-state index is 0.204. The van der Waals surface area contributed by atoms with E-state index in [9.17, 15) is 19.1 Å². The molecule has 0 amide bonds. The van der Waals surface area contributed by atoms with Crippen molar-refractivity contribution in [3.63, 3.8) is 0 Å². The number of fused-ring (bicyclic) bond motifs is 2. The molecule has 5 aromatic rings. The largest absolute Gasteiger partial charge is 0.481 e. The molecule has 0 saturated heterocycles. The van der Waals surface area contributed by atoms with Gasteiger partial charge < -0.3 is 9.51 Å². The van der Waals surface area contributed by atoms with Crippen molar-refractivity contribution in [2.24, 2.45) is 0 Å². The summed E-state index contributed by atoms with van der Waals surface area (Å²) in [5.74, 6) is -1.61. The lowest BCUT2D eigenvalue weighted by Crippen LogP contribution is -2.06. The second kappa shape index (κ2) is 8.68. The van der Waals surface area contributed by atoms with Crippen molar-refractivity contribution in [2.75, 3.05) is 0 Å². The van der Waals surface area contributed by atoms with Gasteiger partial charge in [-0.3, -0.25) is 9.59 Å². The maximum Gasteiger partial charge on any atom is 0.307 e. The molecule has 3 heterocycles. The molecule has 0 radical (unpaired) electrons. The van der Waals surface area contributed by atoms with E-state index in [-0.39, 0.29) is 12.2 Å². The highest BCUT2D eigenvalue weighted by atomic mass is 32.1. The van der Waals surface area contributed by atoms with E-state index < -0.39 is 11.8 Å². The molecule has 0 atom stereocenters. The van der Waals surface area contributed by atoms with Gasteiger partial charge in [-0.15, -0.1) is 11.3 Å². The molecule has 0 spiro atoms. The third-order valence-corrected chi connectivity index (χ3v) is 6.80. The molecule has 5 nitrogen and oxygen atoms in total. The minimum Gasteiger partial charge on any atom is -0.481 e. The molecule has 0 aliphatic carbocycles. The zero-order valence-corrected chi connectivity index (χ0v) is 19.0. The summed E-state index contributed by atoms with van der Waals surface area (Å²) in [6.45, 7) is 1.84. The fraction of sp³-hybridized carbons (Fsp3) is 0.0741. The molecule has 0 unspecified atom stereocenters. The number of rotatable bonds is 6. The van der Waals surface area contributed by atoms with Crippen LogP contribution in [0.15, 0.2) is 72.9 Å². The van der Waals surface area contributed by atoms with Crippen LogP contribution < -0.4 is 0 Å². The lowest BCUT2D eigenvalue weighted by Gasteiger charge is -2.04. The fourth-order valence-corrected chi connectivity index (χ4v) is 5.07. The molecule has 168 valence electrons. The highest BCUT2D eigenvalue weighted by Gasteiger charge is 2.22. The van der Waals surface area contributed by atoms with E-state index in [2.05, 4.69) is 4.98 Å². The Hall–Kier alpha value is -4.10. The van der Waals surface area contributed by atoms with Crippen molar-refractivity contribution >= 4 is 50.5 Å². The number of carboxylic acid groups (broad SMARTS) is 1. The first kappa shape index (κ1) is 21.7. The first-order chi connectivity index (χ1) is 16.4. The molecule has 1 N–H and O–H groups in total. The van der Waals surface area contributed by atoms with Crippen molar-refractivity contribution in [1.82, 2.24) is 9.38 Å². The lowest BCUT2D eigenvalue weighted by atomic mass is 10.0. The highest BCUT2D eigenvalue weighted by Crippen LogP contribution is 2.34. The van der Waals surface area contributed by atoms with Crippen LogP contribution in [0.4, 0.5) is 4.39 Å². The third kappa shape index (κ3) is 3.91. The molecule has 7 heteroatoms. The van der Waals surface area contributed by atoms with E-state index in [1.54, 1.807) is 10.6 Å². The average molecular weight is 471 g/mol. The van der Waals surface area contributed by atoms with Gasteiger partial charge in [0, 0.05) is 17.3 Å². The number of nitrogens with zero attached hydrogens (tertiary/aromatic N) is 2. The van der Waals surface area contributed by atoms with Gasteiger partial charge in [0.2, 0.25) is 5.78 Å². The third-order valence-electron chi connectivity index (χ3n) is 5.69. The second-order valence-corrected chi connectivity index (χ2v) is 8.94. The van der Waals surface area contributed by atoms with Crippen molar-refractivity contribution in [2.45, 2.75) is 13.3 Å². The molecule has 2 aromatic carbocycles. The standard InChI is InChI=1S/C27H19FN2O3S/c1-16-20(14-18(15-24(31)32)27-29-21-6-2-3-8-23(21)34-27)22-7-4-5-13-30(22)25(16)26(33)17-9-11-19(28)12-10-17/h2-14H,15H2,1H3,(H,31,32). The van der Waals surface area contributed by atoms with Gasteiger partial charge in [-0.2, -0.15) is 0 Å². The number of pyridine rings is 1. The maximum absolute atomic E-state index is 13.4. The first-order valence-electron chi connectivity index (χ1n) is 10.6. The van der Waals surface area contributed by atoms with Gasteiger partial charge in [-0.25, -0.2) is 9.37 Å². The molecular weight excluding hydrogens is 451 g/mol. The van der Waals surface area contributed by atoms with Gasteiger partial charge in [0.15, 0.2) is 0 Å². The Kier molecular flexibility index (Phi) is 5.55. The Morgan fingerprint density at radius 3 is 2.53 bits per heavy atom. The number of para-hydroxylation sites is 1. The van der Waals surface area contributed by atoms with E-state index in [1.165, 1.54) is 35.6 Å². The van der Waals surface area contributed by atoms with Gasteiger partial charge in [-0.05, 0) is 72.7 Å². The van der Waals surface area contributed by atoms with Gasteiger partial charge in [0.05, 0.1) is 27.8 Å². The Morgan fingerprint density at radius 1 is 1.06 bits per heavy atom. The van der Waals surface area contributed by atoms with Gasteiger partial charge in [0.1, 0.15) is 10.8 Å². The maximum atomic E-state index is 13.4. The summed E-state index contributed by atoms with van der Waals surface area (Å²) in [6, 6.07) is 18.7. The van der Waals surface area contributed by atoms with E-state index >= 15 is 0 Å². The number of halogens is 1. The van der Waals surface area contributed by atoms with Crippen molar-refractivity contribution in [1.29, 1.82) is 0 Å². The molecule has 0 aliphatic heterocycles. The molecule has 0 bridgehead atoms. The smallest absolute Gasteiger partial charge is 0.307 e. The Bertz CT molecular complexity index is 1560. The number of aliphatic carboxylic acids is 1. The van der Waals surface area contributed by atoms with E-state index in [4.69, 9.17) is 0 Å². The lowest BCUT2D eigenvalue weighted by molar-refractivity contribution is -0.135. The number of carbonyl (C=O) groups excluding carboxylic acids is 1. The zero-order chi connectivity index (χ0) is 23.8. The topological polar surface area (TPSA) is 71.7 Å². The molecule has 5 rings (SSSR count). The molecule has 34 heavy (non-hydrogen) atoms. The molecule has 0 saturated carbocycles. The zero-order valence-electron chi connectivity index (χ0n) is 18.2. The predicted molar refractivity (Wildman–Crippen MR) is 132 cm³/mol. The highest BCUT2D eigenvalue weighted by molar-refractivity contribution is 7.19. The number of thiazole rings is 1. The summed E-state index contributed by atoms with van der Waals surface area (Å²) >= 11 is 1.44. The van der Waals surface area contributed by atoms with Crippen LogP contribution in [0.25, 0.3) is 27.4 Å². The van der Waals surface area contributed by atoms with Crippen molar-refractivity contribution in [3.8, 4) is 0 Å². The quantitative estimate of drug-likeness (QED) is 0.298. The number of hydrogen-bond donors (Lipinski definition) is 1. The molecular formula is C27H19FN2O3S. The number of carbonyl (C=O) groups is 2. The Morgan fingerprint density at radius 2 is 1.79 bits per heavy atom. The summed E-state index contributed by atoms with van der Waals surface area (Å²) in [4.78, 5) is 29.7. The SMILES string of the molecule is Cc1c(C=C(CC(=O)O)c2nc3ccccc3s2)c2ccccn2c1C(=O)c1ccc(F)cc1. The average Bonchev–Trinajstić information content (AvgIpc) is 3.37. The number of benzene rings is 2. The number of ketones is 1. The molecule has 0 fully saturated rings. The summed E-state index contributed by atoms with van der Waals surface area (Å²) in [7, 11) is 0. The second-order valence-electron chi connectivity index (χ2n) is 7.91. The van der Waals surface area contributed by atoms with Gasteiger partial charge in [-0.1, -0.05) is 18.2 Å². The summed E-state index contributed by atoms with van der Waals surface area (Å²) in [6.07, 6.45) is 3.41. The predicted octanol–water partition coefficient (Wildman–Crippen LogP) is 6.24. The summed E-state index contributed by atoms with van der Waals surface area (Å²) in [5.41, 5.74) is 4.44. The van der Waals surface area contributed by atoms with Gasteiger partial charge in [0.25, 0.3) is 0 Å². The van der Waals surface area contributed by atoms with Crippen LogP contribution >= 0.6 is 11.3 Å². The van der Waals surface area contributed by atoms with Crippen LogP contribution in [-0.2, 0) is 4.79 Å². The Labute approximate surface area is 198 Å². The van der Waals surface area contributed by atoms with Crippen LogP contribution in [-0.4, -0.2) is 26.2 Å². The fourth-order valence-electron chi connectivity index (χ4n) is 4.09. The van der Waals surface area contributed by atoms with Crippen LogP contribution in [0.2, 0.25) is 0 Å². The van der Waals surface area contributed by atoms with Crippen LogP contribution in [0.3, 0.4) is 0 Å². The number of hydrogen-bond acceptors (Lipinski definition) is 4. The van der Waals surface area contributed by atoms with Crippen molar-refractivity contribution in [3.05, 3.63) is 106 Å². The summed E-state index contributed by atoms with van der Waals surface area (Å²) < 4.78 is 16.2. The van der Waals surface area contributed by atoms with Crippen LogP contribution in [0, 0.1) is 12.7 Å². The monoisotopic (exact) mass is 470 g/mol. The first-order valence-corrected chi connectivity index (χ1v) is 11.4. The van der Waals surface area contributed by atoms with Crippen LogP contribution in [0.5, 0.6) is 0 Å². The minimum atomic E-state index is -0.964.